The van der Waals surface area contributed by atoms with Crippen LogP contribution in [0.5, 0.6) is 0 Å². The Kier molecular flexibility index (Phi) is 3.86. The minimum atomic E-state index is -1.95. The Bertz CT molecular complexity index is 133. The summed E-state index contributed by atoms with van der Waals surface area (Å²) in [5.74, 6) is 0. The Morgan fingerprint density at radius 3 is 1.67 bits per heavy atom. The van der Waals surface area contributed by atoms with Crippen molar-refractivity contribution in [2.24, 2.45) is 0 Å². The molecule has 0 N–H and O–H groups in total. The Balaban J connectivity index is 2.77. The molecule has 0 aromatic heterocycles. The fourth-order valence-corrected chi connectivity index (χ4v) is 15.1. The van der Waals surface area contributed by atoms with Crippen LogP contribution in [0.25, 0.3) is 0 Å². The van der Waals surface area contributed by atoms with Crippen LogP contribution in [0.2, 0.25) is 8.87 Å². The van der Waals surface area contributed by atoms with Crippen LogP contribution in [-0.4, -0.2) is 52.4 Å². The first kappa shape index (κ1) is 10.8. The van der Waals surface area contributed by atoms with Crippen LogP contribution in [0.4, 0.5) is 0 Å². The van der Waals surface area contributed by atoms with Crippen molar-refractivity contribution in [2.75, 3.05) is 27.2 Å². The molecule has 1 heterocycles. The van der Waals surface area contributed by atoms with Crippen LogP contribution in [0, 0.1) is 0 Å². The molecule has 0 aromatic carbocycles. The molecular weight excluding hydrogens is 255 g/mol. The maximum atomic E-state index is 2.72. The van der Waals surface area contributed by atoms with E-state index in [1.54, 1.807) is 0 Å². The van der Waals surface area contributed by atoms with Gasteiger partial charge in [0.05, 0.1) is 0 Å². The van der Waals surface area contributed by atoms with Gasteiger partial charge in [-0.2, -0.15) is 0 Å². The summed E-state index contributed by atoms with van der Waals surface area (Å²) in [5.41, 5.74) is 0. The predicted molar refractivity (Wildman–Crippen MR) is 56.6 cm³/mol. The topological polar surface area (TPSA) is 6.48 Å². The third kappa shape index (κ3) is 1.66. The molecule has 1 aliphatic rings. The molecule has 0 spiro atoms. The Morgan fingerprint density at radius 1 is 1.00 bits per heavy atom. The third-order valence-electron chi connectivity index (χ3n) is 3.54. The number of rotatable bonds is 2. The average Bonchev–Trinajstić information content (AvgIpc) is 2.06. The molecular formula is C9H22N2Sn. The molecule has 1 fully saturated rings. The van der Waals surface area contributed by atoms with Gasteiger partial charge in [0.25, 0.3) is 0 Å². The van der Waals surface area contributed by atoms with Crippen molar-refractivity contribution in [1.29, 1.82) is 0 Å². The molecule has 1 rings (SSSR count). The van der Waals surface area contributed by atoms with E-state index in [0.29, 0.717) is 0 Å². The molecule has 0 aliphatic carbocycles. The quantitative estimate of drug-likeness (QED) is 0.709. The van der Waals surface area contributed by atoms with Gasteiger partial charge < -0.3 is 0 Å². The van der Waals surface area contributed by atoms with Gasteiger partial charge in [-0.3, -0.25) is 0 Å². The summed E-state index contributed by atoms with van der Waals surface area (Å²) in [6, 6.07) is 0. The average molecular weight is 277 g/mol. The van der Waals surface area contributed by atoms with Gasteiger partial charge in [0.15, 0.2) is 0 Å². The van der Waals surface area contributed by atoms with E-state index < -0.39 is 18.9 Å². The summed E-state index contributed by atoms with van der Waals surface area (Å²) in [6.07, 6.45) is 1.37. The van der Waals surface area contributed by atoms with E-state index in [2.05, 4.69) is 34.2 Å². The van der Waals surface area contributed by atoms with Crippen LogP contribution in [-0.2, 0) is 0 Å². The monoisotopic (exact) mass is 278 g/mol. The summed E-state index contributed by atoms with van der Waals surface area (Å²) in [7, 11) is 4.69. The van der Waals surface area contributed by atoms with Crippen molar-refractivity contribution in [3.63, 3.8) is 0 Å². The van der Waals surface area contributed by atoms with Gasteiger partial charge in [-0.1, -0.05) is 0 Å². The molecule has 3 heteroatoms. The molecule has 1 aliphatic heterocycles. The summed E-state index contributed by atoms with van der Waals surface area (Å²) in [5, 5.41) is 0. The van der Waals surface area contributed by atoms with E-state index in [-0.39, 0.29) is 0 Å². The van der Waals surface area contributed by atoms with Gasteiger partial charge >= 0.3 is 81.5 Å². The second-order valence-corrected chi connectivity index (χ2v) is 17.9. The van der Waals surface area contributed by atoms with Gasteiger partial charge in [-0.05, 0) is 0 Å². The Hall–Kier alpha value is 0.719. The zero-order valence-electron chi connectivity index (χ0n) is 8.93. The SMILES string of the molecule is C[CH2][Sn]1([CH2]C)[N](C)CCC[N]1C. The van der Waals surface area contributed by atoms with Crippen molar-refractivity contribution in [3.8, 4) is 0 Å². The molecule has 12 heavy (non-hydrogen) atoms. The maximum absolute atomic E-state index is 2.72. The Morgan fingerprint density at radius 2 is 1.42 bits per heavy atom. The van der Waals surface area contributed by atoms with E-state index >= 15 is 0 Å². The second kappa shape index (κ2) is 4.29. The van der Waals surface area contributed by atoms with E-state index in [0.717, 1.165) is 0 Å². The molecule has 0 unspecified atom stereocenters. The van der Waals surface area contributed by atoms with E-state index in [1.807, 2.05) is 0 Å². The van der Waals surface area contributed by atoms with Gasteiger partial charge in [0.1, 0.15) is 0 Å². The summed E-state index contributed by atoms with van der Waals surface area (Å²) >= 11 is -1.95. The van der Waals surface area contributed by atoms with Crippen LogP contribution in [0.15, 0.2) is 0 Å². The summed E-state index contributed by atoms with van der Waals surface area (Å²) in [4.78, 5) is 0. The molecule has 2 nitrogen and oxygen atoms in total. The van der Waals surface area contributed by atoms with Crippen LogP contribution < -0.4 is 0 Å². The van der Waals surface area contributed by atoms with Crippen molar-refractivity contribution >= 4 is 18.9 Å². The van der Waals surface area contributed by atoms with Crippen LogP contribution >= 0.6 is 0 Å². The summed E-state index contributed by atoms with van der Waals surface area (Å²) < 4.78 is 8.33. The first-order valence-electron chi connectivity index (χ1n) is 5.10. The van der Waals surface area contributed by atoms with Gasteiger partial charge in [-0.15, -0.1) is 0 Å². The van der Waals surface area contributed by atoms with Crippen molar-refractivity contribution < 1.29 is 0 Å². The van der Waals surface area contributed by atoms with E-state index in [9.17, 15) is 0 Å². The molecule has 0 bridgehead atoms. The minimum absolute atomic E-state index is 1.35. The van der Waals surface area contributed by atoms with Crippen LogP contribution in [0.1, 0.15) is 20.3 Å². The molecule has 0 radical (unpaired) electrons. The van der Waals surface area contributed by atoms with E-state index in [4.69, 9.17) is 0 Å². The standard InChI is InChI=1S/C5H12N2.2C2H5.Sn/c1-6-4-3-5-7-2;2*1-2;/h3-5H2,1-2H3;2*1H2,2H3;/q-2;;;+2. The summed E-state index contributed by atoms with van der Waals surface area (Å²) in [6.45, 7) is 7.47. The van der Waals surface area contributed by atoms with E-state index in [1.165, 1.54) is 28.4 Å². The normalized spacial score (nSPS) is 26.0. The molecule has 0 saturated carbocycles. The fourth-order valence-electron chi connectivity index (χ4n) is 2.58. The predicted octanol–water partition coefficient (Wildman–Crippen LogP) is 1.74. The first-order valence-corrected chi connectivity index (χ1v) is 11.7. The molecule has 0 atom stereocenters. The third-order valence-corrected chi connectivity index (χ3v) is 19.4. The molecule has 72 valence electrons. The van der Waals surface area contributed by atoms with Crippen molar-refractivity contribution in [1.82, 2.24) is 6.24 Å². The Labute approximate surface area is 81.5 Å². The second-order valence-electron chi connectivity index (χ2n) is 3.89. The number of nitrogens with zero attached hydrogens (tertiary/aromatic N) is 2. The zero-order valence-corrected chi connectivity index (χ0v) is 11.8. The van der Waals surface area contributed by atoms with Gasteiger partial charge in [-0.25, -0.2) is 0 Å². The molecule has 1 saturated heterocycles. The fraction of sp³-hybridized carbons (Fsp3) is 1.00. The zero-order chi connectivity index (χ0) is 9.19. The number of hydrogen-bond donors (Lipinski definition) is 0. The van der Waals surface area contributed by atoms with Gasteiger partial charge in [0, 0.05) is 0 Å². The van der Waals surface area contributed by atoms with Gasteiger partial charge in [0.2, 0.25) is 0 Å². The van der Waals surface area contributed by atoms with Crippen LogP contribution in [0.3, 0.4) is 0 Å². The first-order chi connectivity index (χ1) is 5.67. The molecule has 0 aromatic rings. The van der Waals surface area contributed by atoms with Crippen molar-refractivity contribution in [3.05, 3.63) is 0 Å². The van der Waals surface area contributed by atoms with Crippen molar-refractivity contribution in [2.45, 2.75) is 29.1 Å². The number of hydrogen-bond acceptors (Lipinski definition) is 2. The molecule has 0 amide bonds.